The lowest BCUT2D eigenvalue weighted by atomic mass is 10.0. The number of nitrogens with one attached hydrogen (secondary N) is 1. The molecule has 23 heavy (non-hydrogen) atoms. The Kier molecular flexibility index (Phi) is 5.25. The molecule has 0 spiro atoms. The van der Waals surface area contributed by atoms with Gasteiger partial charge in [0.1, 0.15) is 0 Å². The molecule has 1 N–H and O–H groups in total. The SMILES string of the molecule is O=C(CCc1ccccc1)N1CCC(Nc2cccnc2)CC1. The van der Waals surface area contributed by atoms with Crippen molar-refractivity contribution in [1.82, 2.24) is 9.88 Å². The molecule has 3 rings (SSSR count). The van der Waals surface area contributed by atoms with Crippen LogP contribution in [0.25, 0.3) is 0 Å². The number of likely N-dealkylation sites (tertiary alicyclic amines) is 1. The van der Waals surface area contributed by atoms with Gasteiger partial charge in [-0.3, -0.25) is 9.78 Å². The number of piperidine rings is 1. The fourth-order valence-corrected chi connectivity index (χ4v) is 3.01. The highest BCUT2D eigenvalue weighted by atomic mass is 16.2. The molecule has 4 heteroatoms. The standard InChI is InChI=1S/C19H23N3O/c23-19(9-8-16-5-2-1-3-6-16)22-13-10-17(11-14-22)21-18-7-4-12-20-15-18/h1-7,12,15,17,21H,8-11,13-14H2. The Morgan fingerprint density at radius 1 is 1.13 bits per heavy atom. The Hall–Kier alpha value is -2.36. The quantitative estimate of drug-likeness (QED) is 0.923. The Morgan fingerprint density at radius 2 is 1.91 bits per heavy atom. The summed E-state index contributed by atoms with van der Waals surface area (Å²) in [7, 11) is 0. The molecular weight excluding hydrogens is 286 g/mol. The van der Waals surface area contributed by atoms with Crippen molar-refractivity contribution in [2.75, 3.05) is 18.4 Å². The second kappa shape index (κ2) is 7.77. The molecule has 1 saturated heterocycles. The van der Waals surface area contributed by atoms with Crippen LogP contribution in [-0.2, 0) is 11.2 Å². The normalized spacial score (nSPS) is 15.4. The number of benzene rings is 1. The molecule has 1 aromatic carbocycles. The van der Waals surface area contributed by atoms with Crippen LogP contribution < -0.4 is 5.32 Å². The van der Waals surface area contributed by atoms with Crippen molar-refractivity contribution in [2.24, 2.45) is 0 Å². The number of pyridine rings is 1. The second-order valence-electron chi connectivity index (χ2n) is 6.03. The molecule has 0 radical (unpaired) electrons. The monoisotopic (exact) mass is 309 g/mol. The zero-order chi connectivity index (χ0) is 15.9. The van der Waals surface area contributed by atoms with Crippen LogP contribution in [0.5, 0.6) is 0 Å². The molecule has 2 heterocycles. The summed E-state index contributed by atoms with van der Waals surface area (Å²) in [6, 6.07) is 14.6. The lowest BCUT2D eigenvalue weighted by Gasteiger charge is -2.33. The zero-order valence-corrected chi connectivity index (χ0v) is 13.3. The minimum atomic E-state index is 0.272. The van der Waals surface area contributed by atoms with Crippen molar-refractivity contribution in [3.8, 4) is 0 Å². The van der Waals surface area contributed by atoms with Gasteiger partial charge in [-0.25, -0.2) is 0 Å². The van der Waals surface area contributed by atoms with Gasteiger partial charge in [0.25, 0.3) is 0 Å². The number of carbonyl (C=O) groups excluding carboxylic acids is 1. The summed E-state index contributed by atoms with van der Waals surface area (Å²) in [6.45, 7) is 1.68. The predicted molar refractivity (Wildman–Crippen MR) is 92.2 cm³/mol. The van der Waals surface area contributed by atoms with E-state index in [1.807, 2.05) is 41.4 Å². The largest absolute Gasteiger partial charge is 0.381 e. The van der Waals surface area contributed by atoms with E-state index in [-0.39, 0.29) is 5.91 Å². The Morgan fingerprint density at radius 3 is 2.61 bits per heavy atom. The molecule has 1 aliphatic rings. The predicted octanol–water partition coefficient (Wildman–Crippen LogP) is 3.12. The Balaban J connectivity index is 1.42. The van der Waals surface area contributed by atoms with Crippen molar-refractivity contribution >= 4 is 11.6 Å². The molecule has 120 valence electrons. The highest BCUT2D eigenvalue weighted by Gasteiger charge is 2.22. The van der Waals surface area contributed by atoms with Crippen LogP contribution in [0.2, 0.25) is 0 Å². The maximum Gasteiger partial charge on any atom is 0.222 e. The third-order valence-electron chi connectivity index (χ3n) is 4.35. The van der Waals surface area contributed by atoms with E-state index >= 15 is 0 Å². The molecule has 0 bridgehead atoms. The first kappa shape index (κ1) is 15.5. The summed E-state index contributed by atoms with van der Waals surface area (Å²) in [6.07, 6.45) is 7.03. The van der Waals surface area contributed by atoms with Crippen LogP contribution in [0, 0.1) is 0 Å². The first-order chi connectivity index (χ1) is 11.3. The number of carbonyl (C=O) groups is 1. The number of amides is 1. The van der Waals surface area contributed by atoms with Gasteiger partial charge in [0, 0.05) is 37.9 Å². The summed E-state index contributed by atoms with van der Waals surface area (Å²) < 4.78 is 0. The van der Waals surface area contributed by atoms with Gasteiger partial charge in [-0.05, 0) is 37.0 Å². The second-order valence-corrected chi connectivity index (χ2v) is 6.03. The number of aryl methyl sites for hydroxylation is 1. The summed E-state index contributed by atoms with van der Waals surface area (Å²) in [4.78, 5) is 18.5. The maximum atomic E-state index is 12.3. The third kappa shape index (κ3) is 4.55. The smallest absolute Gasteiger partial charge is 0.222 e. The highest BCUT2D eigenvalue weighted by Crippen LogP contribution is 2.17. The van der Waals surface area contributed by atoms with E-state index in [9.17, 15) is 4.79 Å². The van der Waals surface area contributed by atoms with Crippen LogP contribution in [0.15, 0.2) is 54.9 Å². The lowest BCUT2D eigenvalue weighted by Crippen LogP contribution is -2.42. The topological polar surface area (TPSA) is 45.2 Å². The van der Waals surface area contributed by atoms with Crippen LogP contribution >= 0.6 is 0 Å². The van der Waals surface area contributed by atoms with E-state index in [1.54, 1.807) is 6.20 Å². The summed E-state index contributed by atoms with van der Waals surface area (Å²) in [5.41, 5.74) is 2.29. The van der Waals surface area contributed by atoms with E-state index < -0.39 is 0 Å². The van der Waals surface area contributed by atoms with Crippen molar-refractivity contribution in [2.45, 2.75) is 31.7 Å². The van der Waals surface area contributed by atoms with E-state index in [2.05, 4.69) is 22.4 Å². The Bertz CT molecular complexity index is 607. The molecule has 1 aliphatic heterocycles. The number of rotatable bonds is 5. The number of hydrogen-bond acceptors (Lipinski definition) is 3. The minimum Gasteiger partial charge on any atom is -0.381 e. The number of aromatic nitrogens is 1. The van der Waals surface area contributed by atoms with Crippen LogP contribution in [-0.4, -0.2) is 34.9 Å². The van der Waals surface area contributed by atoms with Gasteiger partial charge in [-0.15, -0.1) is 0 Å². The number of nitrogens with zero attached hydrogens (tertiary/aromatic N) is 2. The summed E-state index contributed by atoms with van der Waals surface area (Å²) >= 11 is 0. The third-order valence-corrected chi connectivity index (χ3v) is 4.35. The molecule has 1 fully saturated rings. The average Bonchev–Trinajstić information content (AvgIpc) is 2.62. The van der Waals surface area contributed by atoms with E-state index in [1.165, 1.54) is 5.56 Å². The van der Waals surface area contributed by atoms with Crippen molar-refractivity contribution in [1.29, 1.82) is 0 Å². The summed E-state index contributed by atoms with van der Waals surface area (Å²) in [5, 5.41) is 3.50. The lowest BCUT2D eigenvalue weighted by molar-refractivity contribution is -0.132. The van der Waals surface area contributed by atoms with Gasteiger partial charge in [-0.2, -0.15) is 0 Å². The molecule has 0 aliphatic carbocycles. The van der Waals surface area contributed by atoms with Crippen molar-refractivity contribution in [3.63, 3.8) is 0 Å². The van der Waals surface area contributed by atoms with Crippen molar-refractivity contribution < 1.29 is 4.79 Å². The van der Waals surface area contributed by atoms with Crippen LogP contribution in [0.3, 0.4) is 0 Å². The minimum absolute atomic E-state index is 0.272. The Labute approximate surface area is 137 Å². The molecule has 4 nitrogen and oxygen atoms in total. The molecular formula is C19H23N3O. The van der Waals surface area contributed by atoms with E-state index in [4.69, 9.17) is 0 Å². The van der Waals surface area contributed by atoms with E-state index in [0.717, 1.165) is 38.0 Å². The van der Waals surface area contributed by atoms with Gasteiger partial charge in [0.15, 0.2) is 0 Å². The molecule has 0 unspecified atom stereocenters. The van der Waals surface area contributed by atoms with Gasteiger partial charge in [-0.1, -0.05) is 30.3 Å². The van der Waals surface area contributed by atoms with Gasteiger partial charge >= 0.3 is 0 Å². The van der Waals surface area contributed by atoms with Crippen LogP contribution in [0.4, 0.5) is 5.69 Å². The van der Waals surface area contributed by atoms with Gasteiger partial charge in [0.2, 0.25) is 5.91 Å². The van der Waals surface area contributed by atoms with Crippen molar-refractivity contribution in [3.05, 3.63) is 60.4 Å². The first-order valence-corrected chi connectivity index (χ1v) is 8.29. The van der Waals surface area contributed by atoms with E-state index in [0.29, 0.717) is 12.5 Å². The van der Waals surface area contributed by atoms with Gasteiger partial charge in [0.05, 0.1) is 5.69 Å². The summed E-state index contributed by atoms with van der Waals surface area (Å²) in [5.74, 6) is 0.272. The fourth-order valence-electron chi connectivity index (χ4n) is 3.01. The average molecular weight is 309 g/mol. The first-order valence-electron chi connectivity index (χ1n) is 8.29. The van der Waals surface area contributed by atoms with Gasteiger partial charge < -0.3 is 10.2 Å². The molecule has 1 amide bonds. The molecule has 0 atom stereocenters. The molecule has 1 aromatic heterocycles. The molecule has 2 aromatic rings. The number of anilines is 1. The zero-order valence-electron chi connectivity index (χ0n) is 13.3. The maximum absolute atomic E-state index is 12.3. The molecule has 0 saturated carbocycles. The fraction of sp³-hybridized carbons (Fsp3) is 0.368. The number of hydrogen-bond donors (Lipinski definition) is 1. The van der Waals surface area contributed by atoms with Crippen LogP contribution in [0.1, 0.15) is 24.8 Å². The highest BCUT2D eigenvalue weighted by molar-refractivity contribution is 5.76.